The molecule has 0 aliphatic carbocycles. The third-order valence-electron chi connectivity index (χ3n) is 4.53. The first kappa shape index (κ1) is 14.4. The van der Waals surface area contributed by atoms with Gasteiger partial charge in [0.1, 0.15) is 0 Å². The number of piperidine rings is 1. The monoisotopic (exact) mass is 337 g/mol. The van der Waals surface area contributed by atoms with Crippen LogP contribution in [0.2, 0.25) is 0 Å². The van der Waals surface area contributed by atoms with Crippen LogP contribution in [0.5, 0.6) is 0 Å². The summed E-state index contributed by atoms with van der Waals surface area (Å²) in [6.07, 6.45) is 2.67. The van der Waals surface area contributed by atoms with Gasteiger partial charge in [-0.25, -0.2) is 0 Å². The molecule has 2 aliphatic rings. The quantitative estimate of drug-likeness (QED) is 0.914. The van der Waals surface area contributed by atoms with Crippen molar-refractivity contribution in [1.29, 1.82) is 0 Å². The van der Waals surface area contributed by atoms with Crippen LogP contribution in [-0.4, -0.2) is 50.7 Å². The van der Waals surface area contributed by atoms with Crippen LogP contribution in [0.15, 0.2) is 28.7 Å². The van der Waals surface area contributed by atoms with E-state index in [9.17, 15) is 0 Å². The maximum atomic E-state index is 3.51. The van der Waals surface area contributed by atoms with Crippen molar-refractivity contribution >= 4 is 21.6 Å². The molecule has 3 rings (SSSR count). The summed E-state index contributed by atoms with van der Waals surface area (Å²) in [5.41, 5.74) is 1.37. The molecule has 0 saturated carbocycles. The molecule has 1 aromatic rings. The summed E-state index contributed by atoms with van der Waals surface area (Å²) in [5.74, 6) is 0.889. The molecule has 2 fully saturated rings. The summed E-state index contributed by atoms with van der Waals surface area (Å²) in [4.78, 5) is 5.16. The van der Waals surface area contributed by atoms with Gasteiger partial charge >= 0.3 is 0 Å². The van der Waals surface area contributed by atoms with Gasteiger partial charge in [-0.2, -0.15) is 0 Å². The van der Waals surface area contributed by atoms with Crippen molar-refractivity contribution in [1.82, 2.24) is 10.2 Å². The van der Waals surface area contributed by atoms with Gasteiger partial charge in [0.2, 0.25) is 0 Å². The van der Waals surface area contributed by atoms with Crippen LogP contribution in [0.25, 0.3) is 0 Å². The number of rotatable bonds is 3. The van der Waals surface area contributed by atoms with Gasteiger partial charge in [0.15, 0.2) is 0 Å². The second-order valence-electron chi connectivity index (χ2n) is 5.96. The van der Waals surface area contributed by atoms with Crippen LogP contribution >= 0.6 is 15.9 Å². The number of anilines is 1. The van der Waals surface area contributed by atoms with E-state index < -0.39 is 0 Å². The highest BCUT2D eigenvalue weighted by Crippen LogP contribution is 2.25. The fourth-order valence-electron chi connectivity index (χ4n) is 3.28. The molecule has 4 heteroatoms. The Morgan fingerprint density at radius 3 is 2.30 bits per heavy atom. The number of hydrogen-bond acceptors (Lipinski definition) is 3. The number of nitrogens with one attached hydrogen (secondary N) is 1. The zero-order chi connectivity index (χ0) is 13.8. The molecule has 3 nitrogen and oxygen atoms in total. The van der Waals surface area contributed by atoms with E-state index in [-0.39, 0.29) is 0 Å². The lowest BCUT2D eigenvalue weighted by atomic mass is 9.95. The van der Waals surface area contributed by atoms with Crippen LogP contribution in [0.1, 0.15) is 12.8 Å². The Labute approximate surface area is 130 Å². The second-order valence-corrected chi connectivity index (χ2v) is 6.87. The molecule has 0 unspecified atom stereocenters. The van der Waals surface area contributed by atoms with Gasteiger partial charge in [-0.05, 0) is 43.0 Å². The number of hydrogen-bond donors (Lipinski definition) is 1. The normalized spacial score (nSPS) is 22.1. The van der Waals surface area contributed by atoms with Gasteiger partial charge in [0, 0.05) is 56.0 Å². The fraction of sp³-hybridized carbons (Fsp3) is 0.625. The van der Waals surface area contributed by atoms with Crippen molar-refractivity contribution < 1.29 is 0 Å². The molecular formula is C16H24BrN3. The molecule has 2 saturated heterocycles. The molecule has 0 radical (unpaired) electrons. The summed E-state index contributed by atoms with van der Waals surface area (Å²) in [6, 6.07) is 8.73. The smallest absolute Gasteiger partial charge is 0.0366 e. The Morgan fingerprint density at radius 1 is 1.00 bits per heavy atom. The van der Waals surface area contributed by atoms with Crippen molar-refractivity contribution in [2.75, 3.05) is 50.7 Å². The minimum absolute atomic E-state index is 0.889. The molecule has 0 atom stereocenters. The van der Waals surface area contributed by atoms with Crippen LogP contribution < -0.4 is 10.2 Å². The van der Waals surface area contributed by atoms with Crippen molar-refractivity contribution in [2.45, 2.75) is 12.8 Å². The van der Waals surface area contributed by atoms with Gasteiger partial charge in [0.05, 0.1) is 0 Å². The number of halogens is 1. The van der Waals surface area contributed by atoms with Gasteiger partial charge in [-0.1, -0.05) is 15.9 Å². The highest BCUT2D eigenvalue weighted by atomic mass is 79.9. The lowest BCUT2D eigenvalue weighted by molar-refractivity contribution is 0.190. The fourth-order valence-corrected chi connectivity index (χ4v) is 3.55. The maximum absolute atomic E-state index is 3.51. The Bertz CT molecular complexity index is 406. The summed E-state index contributed by atoms with van der Waals surface area (Å²) in [7, 11) is 0. The maximum Gasteiger partial charge on any atom is 0.0366 e. The summed E-state index contributed by atoms with van der Waals surface area (Å²) in [6.45, 7) is 8.50. The molecule has 2 heterocycles. The van der Waals surface area contributed by atoms with Gasteiger partial charge in [0.25, 0.3) is 0 Å². The SMILES string of the molecule is Brc1ccc(N2CCC(CN3CCNCC3)CC2)cc1. The lowest BCUT2D eigenvalue weighted by Gasteiger charge is -2.37. The second kappa shape index (κ2) is 6.92. The van der Waals surface area contributed by atoms with E-state index in [1.54, 1.807) is 0 Å². The van der Waals surface area contributed by atoms with Crippen molar-refractivity contribution in [3.63, 3.8) is 0 Å². The first-order valence-corrected chi connectivity index (χ1v) is 8.54. The number of benzene rings is 1. The number of piperazine rings is 1. The van der Waals surface area contributed by atoms with E-state index >= 15 is 0 Å². The summed E-state index contributed by atoms with van der Waals surface area (Å²) < 4.78 is 1.16. The van der Waals surface area contributed by atoms with E-state index in [2.05, 4.69) is 55.3 Å². The van der Waals surface area contributed by atoms with Crippen LogP contribution in [-0.2, 0) is 0 Å². The molecular weight excluding hydrogens is 314 g/mol. The molecule has 110 valence electrons. The van der Waals surface area contributed by atoms with Gasteiger partial charge in [-0.15, -0.1) is 0 Å². The van der Waals surface area contributed by atoms with Crippen molar-refractivity contribution in [3.8, 4) is 0 Å². The zero-order valence-corrected chi connectivity index (χ0v) is 13.6. The first-order valence-electron chi connectivity index (χ1n) is 7.75. The van der Waals surface area contributed by atoms with Gasteiger partial charge in [-0.3, -0.25) is 0 Å². The molecule has 20 heavy (non-hydrogen) atoms. The van der Waals surface area contributed by atoms with Crippen molar-refractivity contribution in [2.24, 2.45) is 5.92 Å². The molecule has 0 bridgehead atoms. The third-order valence-corrected chi connectivity index (χ3v) is 5.06. The Balaban J connectivity index is 1.47. The minimum atomic E-state index is 0.889. The lowest BCUT2D eigenvalue weighted by Crippen LogP contribution is -2.46. The van der Waals surface area contributed by atoms with Crippen LogP contribution in [0, 0.1) is 5.92 Å². The third kappa shape index (κ3) is 3.74. The average molecular weight is 338 g/mol. The number of nitrogens with zero attached hydrogens (tertiary/aromatic N) is 2. The zero-order valence-electron chi connectivity index (χ0n) is 12.0. The van der Waals surface area contributed by atoms with E-state index in [1.165, 1.54) is 51.3 Å². The minimum Gasteiger partial charge on any atom is -0.372 e. The van der Waals surface area contributed by atoms with Crippen LogP contribution in [0.3, 0.4) is 0 Å². The largest absolute Gasteiger partial charge is 0.372 e. The molecule has 2 aliphatic heterocycles. The molecule has 0 amide bonds. The Kier molecular flexibility index (Phi) is 4.97. The standard InChI is InChI=1S/C16H24BrN3/c17-15-1-3-16(4-2-15)20-9-5-14(6-10-20)13-19-11-7-18-8-12-19/h1-4,14,18H,5-13H2. The predicted molar refractivity (Wildman–Crippen MR) is 88.4 cm³/mol. The van der Waals surface area contributed by atoms with E-state index in [0.29, 0.717) is 0 Å². The molecule has 1 N–H and O–H groups in total. The summed E-state index contributed by atoms with van der Waals surface area (Å²) >= 11 is 3.51. The topological polar surface area (TPSA) is 18.5 Å². The Morgan fingerprint density at radius 2 is 1.65 bits per heavy atom. The highest BCUT2D eigenvalue weighted by molar-refractivity contribution is 9.10. The van der Waals surface area contributed by atoms with Gasteiger partial charge < -0.3 is 15.1 Å². The van der Waals surface area contributed by atoms with Crippen LogP contribution in [0.4, 0.5) is 5.69 Å². The van der Waals surface area contributed by atoms with E-state index in [0.717, 1.165) is 23.5 Å². The van der Waals surface area contributed by atoms with E-state index in [1.807, 2.05) is 0 Å². The molecule has 0 aromatic heterocycles. The molecule has 0 spiro atoms. The van der Waals surface area contributed by atoms with E-state index in [4.69, 9.17) is 0 Å². The Hall–Kier alpha value is -0.580. The molecule has 1 aromatic carbocycles. The summed E-state index contributed by atoms with van der Waals surface area (Å²) in [5, 5.41) is 3.43. The van der Waals surface area contributed by atoms with Crippen molar-refractivity contribution in [3.05, 3.63) is 28.7 Å². The predicted octanol–water partition coefficient (Wildman–Crippen LogP) is 2.57. The average Bonchev–Trinajstić information content (AvgIpc) is 2.50. The highest BCUT2D eigenvalue weighted by Gasteiger charge is 2.22. The first-order chi connectivity index (χ1) is 9.81.